The Balaban J connectivity index is 1.56. The maximum absolute atomic E-state index is 6.06. The second-order valence-corrected chi connectivity index (χ2v) is 7.48. The van der Waals surface area contributed by atoms with Crippen LogP contribution in [0.3, 0.4) is 0 Å². The van der Waals surface area contributed by atoms with E-state index in [4.69, 9.17) is 9.47 Å². The molecule has 0 bridgehead atoms. The van der Waals surface area contributed by atoms with E-state index in [1.165, 1.54) is 0 Å². The van der Waals surface area contributed by atoms with E-state index in [0.717, 1.165) is 17.1 Å². The third kappa shape index (κ3) is 3.08. The normalized spacial score (nSPS) is 27.9. The van der Waals surface area contributed by atoms with E-state index in [1.54, 1.807) is 0 Å². The zero-order valence-electron chi connectivity index (χ0n) is 15.7. The molecule has 1 aromatic heterocycles. The summed E-state index contributed by atoms with van der Waals surface area (Å²) in [6.45, 7) is 5.48. The van der Waals surface area contributed by atoms with Gasteiger partial charge in [0, 0.05) is 31.4 Å². The van der Waals surface area contributed by atoms with Crippen molar-refractivity contribution in [3.05, 3.63) is 24.3 Å². The Morgan fingerprint density at radius 2 is 1.85 bits per heavy atom. The van der Waals surface area contributed by atoms with Gasteiger partial charge in [0.2, 0.25) is 0 Å². The van der Waals surface area contributed by atoms with Gasteiger partial charge in [-0.15, -0.1) is 5.10 Å². The lowest BCUT2D eigenvalue weighted by molar-refractivity contribution is 0.0620. The number of tetrazole rings is 1. The van der Waals surface area contributed by atoms with Gasteiger partial charge in [-0.3, -0.25) is 0 Å². The minimum absolute atomic E-state index is 0.0162. The Labute approximate surface area is 153 Å². The summed E-state index contributed by atoms with van der Waals surface area (Å²) in [7, 11) is 4.04. The van der Waals surface area contributed by atoms with Crippen molar-refractivity contribution in [1.82, 2.24) is 25.5 Å². The molecule has 4 atom stereocenters. The zero-order chi connectivity index (χ0) is 18.3. The fraction of sp³-hybridized carbons (Fsp3) is 0.611. The minimum atomic E-state index is -0.0328. The first kappa shape index (κ1) is 17.4. The van der Waals surface area contributed by atoms with E-state index in [-0.39, 0.29) is 24.3 Å². The zero-order valence-corrected chi connectivity index (χ0v) is 15.7. The summed E-state index contributed by atoms with van der Waals surface area (Å²) >= 11 is 0. The summed E-state index contributed by atoms with van der Waals surface area (Å²) in [4.78, 5) is 2.07. The molecule has 2 saturated heterocycles. The predicted octanol–water partition coefficient (Wildman–Crippen LogP) is 1.11. The Bertz CT molecular complexity index is 744. The van der Waals surface area contributed by atoms with Crippen LogP contribution in [0.15, 0.2) is 24.3 Å². The van der Waals surface area contributed by atoms with Crippen LogP contribution in [0, 0.1) is 0 Å². The molecule has 8 nitrogen and oxygen atoms in total. The number of hydrogen-bond acceptors (Lipinski definition) is 7. The maximum atomic E-state index is 6.06. The fourth-order valence-corrected chi connectivity index (χ4v) is 3.78. The lowest BCUT2D eigenvalue weighted by atomic mass is 10.1. The van der Waals surface area contributed by atoms with Gasteiger partial charge in [0.25, 0.3) is 0 Å². The van der Waals surface area contributed by atoms with Gasteiger partial charge in [0.1, 0.15) is 18.2 Å². The third-order valence-electron chi connectivity index (χ3n) is 5.02. The Morgan fingerprint density at radius 1 is 1.12 bits per heavy atom. The van der Waals surface area contributed by atoms with E-state index in [9.17, 15) is 0 Å². The maximum Gasteiger partial charge on any atom is 0.182 e. The number of aromatic nitrogens is 4. The quantitative estimate of drug-likeness (QED) is 0.858. The summed E-state index contributed by atoms with van der Waals surface area (Å²) in [5, 5.41) is 15.9. The van der Waals surface area contributed by atoms with Gasteiger partial charge in [-0.25, -0.2) is 4.68 Å². The van der Waals surface area contributed by atoms with Crippen molar-refractivity contribution in [2.24, 2.45) is 0 Å². The monoisotopic (exact) mass is 358 g/mol. The van der Waals surface area contributed by atoms with Crippen LogP contribution < -0.4 is 10.2 Å². The molecular formula is C18H26N6O2. The van der Waals surface area contributed by atoms with Gasteiger partial charge in [0.05, 0.1) is 19.3 Å². The van der Waals surface area contributed by atoms with Crippen LogP contribution in [0.1, 0.15) is 19.9 Å². The van der Waals surface area contributed by atoms with Crippen LogP contribution in [0.5, 0.6) is 0 Å². The number of nitrogens with zero attached hydrogens (tertiary/aromatic N) is 5. The number of hydrogen-bond donors (Lipinski definition) is 1. The number of benzene rings is 1. The number of nitrogens with one attached hydrogen (secondary N) is 1. The highest BCUT2D eigenvalue weighted by atomic mass is 16.6. The summed E-state index contributed by atoms with van der Waals surface area (Å²) in [6.07, 6.45) is 0.00474. The molecule has 2 aliphatic rings. The topological polar surface area (TPSA) is 77.3 Å². The lowest BCUT2D eigenvalue weighted by Crippen LogP contribution is -2.44. The van der Waals surface area contributed by atoms with Crippen molar-refractivity contribution in [1.29, 1.82) is 0 Å². The van der Waals surface area contributed by atoms with Crippen molar-refractivity contribution >= 4 is 5.69 Å². The molecule has 0 saturated carbocycles. The van der Waals surface area contributed by atoms with Gasteiger partial charge < -0.3 is 19.7 Å². The molecule has 1 aromatic carbocycles. The van der Waals surface area contributed by atoms with Gasteiger partial charge >= 0.3 is 0 Å². The molecule has 2 fully saturated rings. The van der Waals surface area contributed by atoms with Crippen molar-refractivity contribution in [2.75, 3.05) is 32.2 Å². The average molecular weight is 358 g/mol. The third-order valence-corrected chi connectivity index (χ3v) is 5.02. The van der Waals surface area contributed by atoms with Crippen molar-refractivity contribution in [2.45, 2.75) is 44.2 Å². The molecule has 0 spiro atoms. The molecule has 1 N–H and O–H groups in total. The molecule has 26 heavy (non-hydrogen) atoms. The molecule has 140 valence electrons. The van der Waals surface area contributed by atoms with E-state index >= 15 is 0 Å². The highest BCUT2D eigenvalue weighted by Gasteiger charge is 2.49. The molecule has 0 amide bonds. The fourth-order valence-electron chi connectivity index (χ4n) is 3.78. The molecule has 4 rings (SSSR count). The van der Waals surface area contributed by atoms with Crippen LogP contribution in [0.2, 0.25) is 0 Å². The molecule has 4 unspecified atom stereocenters. The van der Waals surface area contributed by atoms with Crippen molar-refractivity contribution in [3.8, 4) is 11.4 Å². The predicted molar refractivity (Wildman–Crippen MR) is 98.2 cm³/mol. The van der Waals surface area contributed by atoms with E-state index in [2.05, 4.69) is 51.7 Å². The molecular weight excluding hydrogens is 332 g/mol. The number of anilines is 1. The second-order valence-electron chi connectivity index (χ2n) is 7.48. The Hall–Kier alpha value is -2.03. The summed E-state index contributed by atoms with van der Waals surface area (Å²) in [5.74, 6) is 0.744. The van der Waals surface area contributed by atoms with Crippen LogP contribution in [0.25, 0.3) is 11.4 Å². The van der Waals surface area contributed by atoms with Crippen molar-refractivity contribution in [3.63, 3.8) is 0 Å². The van der Waals surface area contributed by atoms with Gasteiger partial charge in [0.15, 0.2) is 5.82 Å². The first-order valence-electron chi connectivity index (χ1n) is 9.09. The molecule has 3 heterocycles. The molecule has 0 radical (unpaired) electrons. The standard InChI is InChI=1S/C18H26N6O2/c1-11(2)19-14-9-25-17-15(10-26-16(14)17)24-18(20-21-22-24)12-5-7-13(8-6-12)23(3)4/h5-8,11,14-17,19H,9-10H2,1-4H3. The summed E-state index contributed by atoms with van der Waals surface area (Å²) in [6, 6.07) is 8.81. The smallest absolute Gasteiger partial charge is 0.182 e. The minimum Gasteiger partial charge on any atom is -0.378 e. The van der Waals surface area contributed by atoms with Gasteiger partial charge in [-0.2, -0.15) is 0 Å². The number of ether oxygens (including phenoxy) is 2. The molecule has 2 aromatic rings. The average Bonchev–Trinajstić information content (AvgIpc) is 3.31. The number of fused-ring (bicyclic) bond motifs is 1. The molecule has 2 aliphatic heterocycles. The summed E-state index contributed by atoms with van der Waals surface area (Å²) < 4.78 is 14.0. The first-order valence-corrected chi connectivity index (χ1v) is 9.09. The Kier molecular flexibility index (Phi) is 4.64. The van der Waals surface area contributed by atoms with Crippen LogP contribution >= 0.6 is 0 Å². The SMILES string of the molecule is CC(C)NC1COC2C1OCC2n1nnnc1-c1ccc(N(C)C)cc1. The van der Waals surface area contributed by atoms with Crippen molar-refractivity contribution < 1.29 is 9.47 Å². The van der Waals surface area contributed by atoms with E-state index < -0.39 is 0 Å². The number of rotatable bonds is 5. The van der Waals surface area contributed by atoms with Gasteiger partial charge in [-0.05, 0) is 34.7 Å². The molecule has 8 heteroatoms. The first-order chi connectivity index (χ1) is 12.5. The van der Waals surface area contributed by atoms with Gasteiger partial charge in [-0.1, -0.05) is 13.8 Å². The van der Waals surface area contributed by atoms with E-state index in [0.29, 0.717) is 19.3 Å². The highest BCUT2D eigenvalue weighted by Crippen LogP contribution is 2.35. The lowest BCUT2D eigenvalue weighted by Gasteiger charge is -2.20. The van der Waals surface area contributed by atoms with E-state index in [1.807, 2.05) is 30.9 Å². The molecule has 0 aliphatic carbocycles. The summed E-state index contributed by atoms with van der Waals surface area (Å²) in [5.41, 5.74) is 2.12. The highest BCUT2D eigenvalue weighted by molar-refractivity contribution is 5.60. The Morgan fingerprint density at radius 3 is 2.54 bits per heavy atom. The van der Waals surface area contributed by atoms with Crippen LogP contribution in [-0.2, 0) is 9.47 Å². The van der Waals surface area contributed by atoms with Crippen LogP contribution in [-0.4, -0.2) is 71.8 Å². The van der Waals surface area contributed by atoms with Crippen LogP contribution in [0.4, 0.5) is 5.69 Å². The largest absolute Gasteiger partial charge is 0.378 e. The second kappa shape index (κ2) is 6.94.